The molecule has 0 radical (unpaired) electrons. The lowest BCUT2D eigenvalue weighted by Crippen LogP contribution is -2.57. The van der Waals surface area contributed by atoms with Crippen molar-refractivity contribution in [2.75, 3.05) is 19.8 Å². The Morgan fingerprint density at radius 2 is 1.94 bits per heavy atom. The number of hydrogen-bond donors (Lipinski definition) is 1. The van der Waals surface area contributed by atoms with Gasteiger partial charge >= 0.3 is 0 Å². The second-order valence-corrected chi connectivity index (χ2v) is 5.32. The van der Waals surface area contributed by atoms with Gasteiger partial charge in [-0.15, -0.1) is 0 Å². The molecule has 0 unspecified atom stereocenters. The van der Waals surface area contributed by atoms with Crippen molar-refractivity contribution in [2.24, 2.45) is 10.7 Å². The van der Waals surface area contributed by atoms with Crippen LogP contribution >= 0.6 is 0 Å². The predicted octanol–water partition coefficient (Wildman–Crippen LogP) is 1.11. The molecule has 0 bridgehead atoms. The molecule has 1 saturated carbocycles. The van der Waals surface area contributed by atoms with E-state index >= 15 is 0 Å². The molecule has 0 atom stereocenters. The first-order valence-corrected chi connectivity index (χ1v) is 6.49. The van der Waals surface area contributed by atoms with Crippen LogP contribution in [-0.2, 0) is 4.74 Å². The standard InChI is InChI=1S/C12H21N3O/c13-11-14-9-12(5-7-16-8-6-12)15(11)10-3-1-2-4-10/h10H,1-9H2,(H2,13,14). The SMILES string of the molecule is NC1=NCC2(CCOCC2)N1C1CCCC1. The van der Waals surface area contributed by atoms with E-state index in [1.54, 1.807) is 0 Å². The maximum atomic E-state index is 6.10. The molecule has 3 rings (SSSR count). The Bertz CT molecular complexity index is 291. The third-order valence-electron chi connectivity index (χ3n) is 4.41. The molecule has 16 heavy (non-hydrogen) atoms. The number of nitrogens with zero attached hydrogens (tertiary/aromatic N) is 2. The van der Waals surface area contributed by atoms with E-state index in [1.165, 1.54) is 25.7 Å². The van der Waals surface area contributed by atoms with Crippen LogP contribution < -0.4 is 5.73 Å². The van der Waals surface area contributed by atoms with Crippen LogP contribution in [0.4, 0.5) is 0 Å². The van der Waals surface area contributed by atoms with E-state index < -0.39 is 0 Å². The van der Waals surface area contributed by atoms with Crippen LogP contribution in [0.1, 0.15) is 38.5 Å². The summed E-state index contributed by atoms with van der Waals surface area (Å²) in [7, 11) is 0. The average Bonchev–Trinajstić information content (AvgIpc) is 2.90. The number of nitrogens with two attached hydrogens (primary N) is 1. The third kappa shape index (κ3) is 1.51. The molecular weight excluding hydrogens is 202 g/mol. The van der Waals surface area contributed by atoms with E-state index in [4.69, 9.17) is 10.5 Å². The fourth-order valence-corrected chi connectivity index (χ4v) is 3.51. The molecule has 1 saturated heterocycles. The van der Waals surface area contributed by atoms with Crippen molar-refractivity contribution in [1.82, 2.24) is 4.90 Å². The van der Waals surface area contributed by atoms with Crippen LogP contribution in [-0.4, -0.2) is 42.2 Å². The van der Waals surface area contributed by atoms with E-state index in [0.29, 0.717) is 6.04 Å². The fraction of sp³-hybridized carbons (Fsp3) is 0.917. The lowest BCUT2D eigenvalue weighted by atomic mass is 9.87. The second-order valence-electron chi connectivity index (χ2n) is 5.32. The van der Waals surface area contributed by atoms with Gasteiger partial charge in [-0.05, 0) is 25.7 Å². The van der Waals surface area contributed by atoms with Gasteiger partial charge < -0.3 is 15.4 Å². The molecule has 0 aromatic carbocycles. The summed E-state index contributed by atoms with van der Waals surface area (Å²) < 4.78 is 5.48. The maximum absolute atomic E-state index is 6.10. The first kappa shape index (κ1) is 10.4. The lowest BCUT2D eigenvalue weighted by Gasteiger charge is -2.45. The number of rotatable bonds is 1. The quantitative estimate of drug-likeness (QED) is 0.724. The van der Waals surface area contributed by atoms with Crippen molar-refractivity contribution < 1.29 is 4.74 Å². The van der Waals surface area contributed by atoms with E-state index in [-0.39, 0.29) is 5.54 Å². The second kappa shape index (κ2) is 3.91. The first-order valence-electron chi connectivity index (χ1n) is 6.49. The predicted molar refractivity (Wildman–Crippen MR) is 63.4 cm³/mol. The zero-order valence-electron chi connectivity index (χ0n) is 9.82. The van der Waals surface area contributed by atoms with Crippen molar-refractivity contribution in [1.29, 1.82) is 0 Å². The van der Waals surface area contributed by atoms with E-state index in [1.807, 2.05) is 0 Å². The molecule has 2 heterocycles. The van der Waals surface area contributed by atoms with Gasteiger partial charge in [0.15, 0.2) is 5.96 Å². The van der Waals surface area contributed by atoms with Gasteiger partial charge in [-0.1, -0.05) is 12.8 Å². The minimum atomic E-state index is 0.206. The highest BCUT2D eigenvalue weighted by Gasteiger charge is 2.46. The van der Waals surface area contributed by atoms with E-state index in [2.05, 4.69) is 9.89 Å². The minimum Gasteiger partial charge on any atom is -0.381 e. The molecule has 90 valence electrons. The Morgan fingerprint density at radius 3 is 2.62 bits per heavy atom. The van der Waals surface area contributed by atoms with Gasteiger partial charge in [-0.2, -0.15) is 0 Å². The zero-order valence-corrected chi connectivity index (χ0v) is 9.82. The van der Waals surface area contributed by atoms with Gasteiger partial charge in [0, 0.05) is 19.3 Å². The van der Waals surface area contributed by atoms with Gasteiger partial charge in [0.2, 0.25) is 0 Å². The largest absolute Gasteiger partial charge is 0.381 e. The maximum Gasteiger partial charge on any atom is 0.192 e. The molecule has 2 N–H and O–H groups in total. The van der Waals surface area contributed by atoms with Gasteiger partial charge in [-0.25, -0.2) is 0 Å². The van der Waals surface area contributed by atoms with Crippen molar-refractivity contribution in [2.45, 2.75) is 50.1 Å². The highest BCUT2D eigenvalue weighted by atomic mass is 16.5. The number of hydrogen-bond acceptors (Lipinski definition) is 4. The lowest BCUT2D eigenvalue weighted by molar-refractivity contribution is -0.000719. The molecule has 1 aliphatic carbocycles. The Balaban J connectivity index is 1.82. The monoisotopic (exact) mass is 223 g/mol. The molecule has 0 aromatic rings. The number of guanidine groups is 1. The average molecular weight is 223 g/mol. The molecule has 0 aromatic heterocycles. The third-order valence-corrected chi connectivity index (χ3v) is 4.41. The summed E-state index contributed by atoms with van der Waals surface area (Å²) in [6.07, 6.45) is 7.46. The summed E-state index contributed by atoms with van der Waals surface area (Å²) in [5, 5.41) is 0. The van der Waals surface area contributed by atoms with Gasteiger partial charge in [-0.3, -0.25) is 4.99 Å². The normalized spacial score (nSPS) is 30.0. The summed E-state index contributed by atoms with van der Waals surface area (Å²) in [5.74, 6) is 0.786. The molecule has 2 fully saturated rings. The van der Waals surface area contributed by atoms with Crippen LogP contribution in [0.15, 0.2) is 4.99 Å². The summed E-state index contributed by atoms with van der Waals surface area (Å²) in [6.45, 7) is 2.62. The topological polar surface area (TPSA) is 50.9 Å². The summed E-state index contributed by atoms with van der Waals surface area (Å²) in [5.41, 5.74) is 6.31. The van der Waals surface area contributed by atoms with E-state index in [9.17, 15) is 0 Å². The minimum absolute atomic E-state index is 0.206. The van der Waals surface area contributed by atoms with Gasteiger partial charge in [0.1, 0.15) is 0 Å². The zero-order chi connectivity index (χ0) is 11.0. The highest BCUT2D eigenvalue weighted by molar-refractivity contribution is 5.81. The summed E-state index contributed by atoms with van der Waals surface area (Å²) >= 11 is 0. The molecular formula is C12H21N3O. The van der Waals surface area contributed by atoms with Crippen molar-refractivity contribution in [3.63, 3.8) is 0 Å². The van der Waals surface area contributed by atoms with Crippen LogP contribution in [0.25, 0.3) is 0 Å². The highest BCUT2D eigenvalue weighted by Crippen LogP contribution is 2.38. The summed E-state index contributed by atoms with van der Waals surface area (Å²) in [4.78, 5) is 6.95. The van der Waals surface area contributed by atoms with Crippen molar-refractivity contribution in [3.8, 4) is 0 Å². The Morgan fingerprint density at radius 1 is 1.25 bits per heavy atom. The van der Waals surface area contributed by atoms with Crippen molar-refractivity contribution >= 4 is 5.96 Å². The number of aliphatic imine (C=N–C) groups is 1. The van der Waals surface area contributed by atoms with Crippen LogP contribution in [0, 0.1) is 0 Å². The smallest absolute Gasteiger partial charge is 0.192 e. The molecule has 3 aliphatic rings. The van der Waals surface area contributed by atoms with Gasteiger partial charge in [0.25, 0.3) is 0 Å². The Hall–Kier alpha value is -0.770. The Kier molecular flexibility index (Phi) is 2.54. The van der Waals surface area contributed by atoms with E-state index in [0.717, 1.165) is 38.6 Å². The summed E-state index contributed by atoms with van der Waals surface area (Å²) in [6, 6.07) is 0.643. The molecule has 1 spiro atoms. The van der Waals surface area contributed by atoms with Gasteiger partial charge in [0.05, 0.1) is 12.1 Å². The molecule has 4 heteroatoms. The Labute approximate surface area is 96.8 Å². The molecule has 4 nitrogen and oxygen atoms in total. The number of ether oxygens (including phenoxy) is 1. The van der Waals surface area contributed by atoms with Crippen LogP contribution in [0.2, 0.25) is 0 Å². The first-order chi connectivity index (χ1) is 7.82. The van der Waals surface area contributed by atoms with Crippen molar-refractivity contribution in [3.05, 3.63) is 0 Å². The molecule has 2 aliphatic heterocycles. The van der Waals surface area contributed by atoms with Crippen LogP contribution in [0.5, 0.6) is 0 Å². The molecule has 0 amide bonds. The fourth-order valence-electron chi connectivity index (χ4n) is 3.51. The van der Waals surface area contributed by atoms with Crippen LogP contribution in [0.3, 0.4) is 0 Å².